The zero-order valence-electron chi connectivity index (χ0n) is 15.2. The van der Waals surface area contributed by atoms with Crippen molar-refractivity contribution in [1.82, 2.24) is 10.2 Å². The van der Waals surface area contributed by atoms with E-state index in [0.29, 0.717) is 0 Å². The van der Waals surface area contributed by atoms with E-state index < -0.39 is 0 Å². The van der Waals surface area contributed by atoms with Crippen LogP contribution in [-0.4, -0.2) is 63.8 Å². The zero-order valence-corrected chi connectivity index (χ0v) is 16.0. The predicted molar refractivity (Wildman–Crippen MR) is 105 cm³/mol. The highest BCUT2D eigenvalue weighted by molar-refractivity contribution is 7.99. The third-order valence-electron chi connectivity index (χ3n) is 3.52. The molecule has 5 nitrogen and oxygen atoms in total. The van der Waals surface area contributed by atoms with Gasteiger partial charge in [0.05, 0.1) is 14.2 Å². The zero-order chi connectivity index (χ0) is 17.8. The van der Waals surface area contributed by atoms with Crippen molar-refractivity contribution in [2.45, 2.75) is 6.42 Å². The maximum absolute atomic E-state index is 5.35. The molecule has 0 amide bonds. The smallest absolute Gasteiger partial charge is 0.193 e. The van der Waals surface area contributed by atoms with Crippen LogP contribution in [0.3, 0.4) is 0 Å². The van der Waals surface area contributed by atoms with E-state index in [9.17, 15) is 0 Å². The third kappa shape index (κ3) is 6.74. The second kappa shape index (κ2) is 11.7. The molecule has 1 aromatic rings. The van der Waals surface area contributed by atoms with Crippen LogP contribution in [-0.2, 0) is 6.42 Å². The second-order valence-electron chi connectivity index (χ2n) is 5.20. The van der Waals surface area contributed by atoms with Gasteiger partial charge in [-0.25, -0.2) is 0 Å². The average molecular weight is 352 g/mol. The van der Waals surface area contributed by atoms with Crippen LogP contribution in [0, 0.1) is 0 Å². The van der Waals surface area contributed by atoms with Crippen LogP contribution in [0.5, 0.6) is 11.5 Å². The number of ether oxygens (including phenoxy) is 2. The van der Waals surface area contributed by atoms with Gasteiger partial charge in [0.1, 0.15) is 0 Å². The minimum Gasteiger partial charge on any atom is -0.493 e. The number of likely N-dealkylation sites (N-methyl/N-ethyl adjacent to an activating group) is 1. The van der Waals surface area contributed by atoms with Crippen LogP contribution in [0.15, 0.2) is 35.8 Å². The molecule has 0 fully saturated rings. The highest BCUT2D eigenvalue weighted by Crippen LogP contribution is 2.27. The molecule has 1 N–H and O–H groups in total. The van der Waals surface area contributed by atoms with Gasteiger partial charge in [-0.1, -0.05) is 12.1 Å². The Morgan fingerprint density at radius 2 is 2.08 bits per heavy atom. The number of guanidine groups is 1. The Morgan fingerprint density at radius 3 is 2.71 bits per heavy atom. The molecule has 0 aromatic heterocycles. The highest BCUT2D eigenvalue weighted by atomic mass is 32.2. The van der Waals surface area contributed by atoms with E-state index in [1.54, 1.807) is 14.2 Å². The summed E-state index contributed by atoms with van der Waals surface area (Å²) < 4.78 is 10.6. The van der Waals surface area contributed by atoms with Gasteiger partial charge in [0.2, 0.25) is 0 Å². The summed E-state index contributed by atoms with van der Waals surface area (Å²) in [7, 11) is 7.16. The fourth-order valence-electron chi connectivity index (χ4n) is 2.23. The molecule has 0 atom stereocenters. The SMILES string of the molecule is C=CCSCCNC(=NC)N(C)CCc1ccc(OC)c(OC)c1. The molecule has 134 valence electrons. The van der Waals surface area contributed by atoms with Crippen molar-refractivity contribution in [3.63, 3.8) is 0 Å². The summed E-state index contributed by atoms with van der Waals surface area (Å²) in [6, 6.07) is 6.03. The summed E-state index contributed by atoms with van der Waals surface area (Å²) >= 11 is 1.86. The van der Waals surface area contributed by atoms with E-state index in [2.05, 4.69) is 27.9 Å². The third-order valence-corrected chi connectivity index (χ3v) is 4.49. The van der Waals surface area contributed by atoms with Crippen molar-refractivity contribution in [3.8, 4) is 11.5 Å². The largest absolute Gasteiger partial charge is 0.493 e. The summed E-state index contributed by atoms with van der Waals surface area (Å²) in [5.74, 6) is 4.45. The van der Waals surface area contributed by atoms with Gasteiger partial charge in [-0.2, -0.15) is 11.8 Å². The van der Waals surface area contributed by atoms with Crippen LogP contribution < -0.4 is 14.8 Å². The van der Waals surface area contributed by atoms with E-state index in [1.165, 1.54) is 5.56 Å². The van der Waals surface area contributed by atoms with Gasteiger partial charge in [0.25, 0.3) is 0 Å². The summed E-state index contributed by atoms with van der Waals surface area (Å²) in [6.45, 7) is 5.49. The number of methoxy groups -OCH3 is 2. The van der Waals surface area contributed by atoms with Crippen molar-refractivity contribution in [1.29, 1.82) is 0 Å². The molecular weight excluding hydrogens is 322 g/mol. The number of thioether (sulfide) groups is 1. The lowest BCUT2D eigenvalue weighted by atomic mass is 10.1. The second-order valence-corrected chi connectivity index (χ2v) is 6.35. The molecule has 6 heteroatoms. The molecule has 0 aliphatic rings. The highest BCUT2D eigenvalue weighted by Gasteiger charge is 2.08. The molecule has 24 heavy (non-hydrogen) atoms. The maximum atomic E-state index is 5.35. The van der Waals surface area contributed by atoms with Crippen LogP contribution >= 0.6 is 11.8 Å². The molecule has 0 unspecified atom stereocenters. The van der Waals surface area contributed by atoms with Gasteiger partial charge >= 0.3 is 0 Å². The van der Waals surface area contributed by atoms with Crippen molar-refractivity contribution < 1.29 is 9.47 Å². The summed E-state index contributed by atoms with van der Waals surface area (Å²) in [5.41, 5.74) is 1.21. The first-order chi connectivity index (χ1) is 11.7. The number of benzene rings is 1. The van der Waals surface area contributed by atoms with E-state index in [0.717, 1.165) is 48.5 Å². The van der Waals surface area contributed by atoms with Gasteiger partial charge in [-0.05, 0) is 24.1 Å². The monoisotopic (exact) mass is 351 g/mol. The Kier molecular flexibility index (Phi) is 9.84. The Labute approximate surface area is 150 Å². The number of aliphatic imine (C=N–C) groups is 1. The maximum Gasteiger partial charge on any atom is 0.193 e. The van der Waals surface area contributed by atoms with E-state index in [-0.39, 0.29) is 0 Å². The number of rotatable bonds is 10. The molecule has 0 heterocycles. The molecule has 0 saturated carbocycles. The number of hydrogen-bond donors (Lipinski definition) is 1. The lowest BCUT2D eigenvalue weighted by Crippen LogP contribution is -2.40. The van der Waals surface area contributed by atoms with Crippen LogP contribution in [0.1, 0.15) is 5.56 Å². The fourth-order valence-corrected chi connectivity index (χ4v) is 2.80. The molecule has 0 spiro atoms. The standard InChI is InChI=1S/C18H29N3O2S/c1-6-12-24-13-10-20-18(19-2)21(3)11-9-15-7-8-16(22-4)17(14-15)23-5/h6-8,14H,1,9-13H2,2-5H3,(H,19,20). The van der Waals surface area contributed by atoms with Crippen molar-refractivity contribution >= 4 is 17.7 Å². The van der Waals surface area contributed by atoms with Gasteiger partial charge < -0.3 is 19.7 Å². The van der Waals surface area contributed by atoms with Crippen molar-refractivity contribution in [3.05, 3.63) is 36.4 Å². The first kappa shape index (κ1) is 20.2. The van der Waals surface area contributed by atoms with Crippen LogP contribution in [0.25, 0.3) is 0 Å². The molecule has 0 saturated heterocycles. The minimum absolute atomic E-state index is 0.754. The summed E-state index contributed by atoms with van der Waals surface area (Å²) in [4.78, 5) is 6.47. The number of nitrogens with one attached hydrogen (secondary N) is 1. The molecule has 1 aromatic carbocycles. The molecule has 1 rings (SSSR count). The lowest BCUT2D eigenvalue weighted by molar-refractivity contribution is 0.354. The average Bonchev–Trinajstić information content (AvgIpc) is 2.62. The number of hydrogen-bond acceptors (Lipinski definition) is 4. The Hall–Kier alpha value is -1.82. The Morgan fingerprint density at radius 1 is 1.33 bits per heavy atom. The predicted octanol–water partition coefficient (Wildman–Crippen LogP) is 2.67. The van der Waals surface area contributed by atoms with Crippen molar-refractivity contribution in [2.75, 3.05) is 52.9 Å². The molecular formula is C18H29N3O2S. The number of nitrogens with zero attached hydrogens (tertiary/aromatic N) is 2. The lowest BCUT2D eigenvalue weighted by Gasteiger charge is -2.22. The van der Waals surface area contributed by atoms with Gasteiger partial charge in [0, 0.05) is 38.7 Å². The Balaban J connectivity index is 2.48. The summed E-state index contributed by atoms with van der Waals surface area (Å²) in [5, 5.41) is 3.38. The van der Waals surface area contributed by atoms with Gasteiger partial charge in [0.15, 0.2) is 17.5 Å². The summed E-state index contributed by atoms with van der Waals surface area (Å²) in [6.07, 6.45) is 2.83. The normalized spacial score (nSPS) is 11.1. The first-order valence-corrected chi connectivity index (χ1v) is 9.13. The van der Waals surface area contributed by atoms with Crippen molar-refractivity contribution in [2.24, 2.45) is 4.99 Å². The van der Waals surface area contributed by atoms with E-state index in [1.807, 2.05) is 44.1 Å². The van der Waals surface area contributed by atoms with Gasteiger partial charge in [-0.15, -0.1) is 6.58 Å². The van der Waals surface area contributed by atoms with E-state index in [4.69, 9.17) is 9.47 Å². The van der Waals surface area contributed by atoms with Crippen LogP contribution in [0.4, 0.5) is 0 Å². The quantitative estimate of drug-likeness (QED) is 0.304. The van der Waals surface area contributed by atoms with Crippen LogP contribution in [0.2, 0.25) is 0 Å². The fraction of sp³-hybridized carbons (Fsp3) is 0.500. The minimum atomic E-state index is 0.754. The molecule has 0 aliphatic carbocycles. The Bertz CT molecular complexity index is 535. The molecule has 0 radical (unpaired) electrons. The molecule has 0 aliphatic heterocycles. The van der Waals surface area contributed by atoms with E-state index >= 15 is 0 Å². The first-order valence-electron chi connectivity index (χ1n) is 7.97. The van der Waals surface area contributed by atoms with Gasteiger partial charge in [-0.3, -0.25) is 4.99 Å². The molecule has 0 bridgehead atoms. The topological polar surface area (TPSA) is 46.1 Å².